The van der Waals surface area contributed by atoms with Crippen molar-refractivity contribution in [3.8, 4) is 22.8 Å². The van der Waals surface area contributed by atoms with Gasteiger partial charge in [-0.3, -0.25) is 4.79 Å². The molecular weight excluding hydrogens is 339 g/mol. The monoisotopic (exact) mass is 356 g/mol. The molecule has 0 unspecified atom stereocenters. The zero-order valence-electron chi connectivity index (χ0n) is 14.3. The van der Waals surface area contributed by atoms with E-state index in [1.165, 1.54) is 24.3 Å². The van der Waals surface area contributed by atoms with Gasteiger partial charge in [-0.15, -0.1) is 0 Å². The Balaban J connectivity index is 1.68. The summed E-state index contributed by atoms with van der Waals surface area (Å²) in [6.07, 6.45) is 0. The molecular formula is C19H17FN2O4. The molecule has 6 nitrogen and oxygen atoms in total. The lowest BCUT2D eigenvalue weighted by Crippen LogP contribution is -2.22. The first kappa shape index (κ1) is 17.5. The highest BCUT2D eigenvalue weighted by atomic mass is 19.1. The average molecular weight is 356 g/mol. The predicted molar refractivity (Wildman–Crippen MR) is 92.6 cm³/mol. The van der Waals surface area contributed by atoms with E-state index in [1.54, 1.807) is 32.4 Å². The number of methoxy groups -OCH3 is 2. The largest absolute Gasteiger partial charge is 0.493 e. The average Bonchev–Trinajstić information content (AvgIpc) is 3.15. The Hall–Kier alpha value is -3.35. The number of aromatic nitrogens is 1. The van der Waals surface area contributed by atoms with E-state index >= 15 is 0 Å². The third-order valence-corrected chi connectivity index (χ3v) is 3.76. The van der Waals surface area contributed by atoms with E-state index in [0.717, 1.165) is 5.56 Å². The molecule has 0 radical (unpaired) electrons. The molecule has 3 aromatic rings. The standard InChI is InChI=1S/C19H17FN2O4/c1-24-16-8-5-13(9-18(16)25-2)17-10-15(22-26-17)11-21-19(23)12-3-6-14(20)7-4-12/h3-10H,11H2,1-2H3,(H,21,23). The Labute approximate surface area is 149 Å². The molecule has 1 amide bonds. The number of amides is 1. The van der Waals surface area contributed by atoms with Crippen molar-refractivity contribution in [1.82, 2.24) is 10.5 Å². The van der Waals surface area contributed by atoms with Crippen molar-refractivity contribution in [2.75, 3.05) is 14.2 Å². The number of hydrogen-bond acceptors (Lipinski definition) is 5. The number of halogens is 1. The van der Waals surface area contributed by atoms with Gasteiger partial charge in [0.2, 0.25) is 0 Å². The minimum absolute atomic E-state index is 0.187. The number of carbonyl (C=O) groups is 1. The summed E-state index contributed by atoms with van der Waals surface area (Å²) in [4.78, 5) is 12.0. The lowest BCUT2D eigenvalue weighted by atomic mass is 10.1. The summed E-state index contributed by atoms with van der Waals surface area (Å²) < 4.78 is 28.7. The number of nitrogens with zero attached hydrogens (tertiary/aromatic N) is 1. The second kappa shape index (κ2) is 7.69. The topological polar surface area (TPSA) is 73.6 Å². The van der Waals surface area contributed by atoms with Gasteiger partial charge in [-0.2, -0.15) is 0 Å². The molecule has 0 atom stereocenters. The lowest BCUT2D eigenvalue weighted by Gasteiger charge is -2.07. The molecule has 0 saturated carbocycles. The Bertz CT molecular complexity index is 906. The minimum atomic E-state index is -0.391. The molecule has 1 aromatic heterocycles. The Morgan fingerprint density at radius 2 is 1.81 bits per heavy atom. The second-order valence-electron chi connectivity index (χ2n) is 5.44. The van der Waals surface area contributed by atoms with Crippen LogP contribution in [0.2, 0.25) is 0 Å². The fourth-order valence-corrected chi connectivity index (χ4v) is 2.39. The van der Waals surface area contributed by atoms with Gasteiger partial charge < -0.3 is 19.3 Å². The second-order valence-corrected chi connectivity index (χ2v) is 5.44. The Morgan fingerprint density at radius 1 is 1.08 bits per heavy atom. The van der Waals surface area contributed by atoms with Crippen LogP contribution in [0.1, 0.15) is 16.1 Å². The summed E-state index contributed by atoms with van der Waals surface area (Å²) in [7, 11) is 3.12. The van der Waals surface area contributed by atoms with Crippen LogP contribution in [0.5, 0.6) is 11.5 Å². The van der Waals surface area contributed by atoms with Crippen LogP contribution in [0.3, 0.4) is 0 Å². The van der Waals surface area contributed by atoms with Crippen LogP contribution < -0.4 is 14.8 Å². The van der Waals surface area contributed by atoms with Crippen LogP contribution in [-0.2, 0) is 6.54 Å². The molecule has 1 heterocycles. The van der Waals surface area contributed by atoms with Gasteiger partial charge in [-0.1, -0.05) is 5.16 Å². The summed E-state index contributed by atoms with van der Waals surface area (Å²) in [5, 5.41) is 6.66. The first-order valence-corrected chi connectivity index (χ1v) is 7.82. The Kier molecular flexibility index (Phi) is 5.17. The van der Waals surface area contributed by atoms with E-state index in [-0.39, 0.29) is 12.5 Å². The van der Waals surface area contributed by atoms with E-state index in [1.807, 2.05) is 6.07 Å². The summed E-state index contributed by atoms with van der Waals surface area (Å²) in [5.41, 5.74) is 1.70. The van der Waals surface area contributed by atoms with Crippen molar-refractivity contribution in [1.29, 1.82) is 0 Å². The van der Waals surface area contributed by atoms with Crippen LogP contribution >= 0.6 is 0 Å². The van der Waals surface area contributed by atoms with Gasteiger partial charge in [0.1, 0.15) is 11.5 Å². The van der Waals surface area contributed by atoms with Gasteiger partial charge in [0.25, 0.3) is 5.91 Å². The van der Waals surface area contributed by atoms with E-state index in [2.05, 4.69) is 10.5 Å². The van der Waals surface area contributed by atoms with Crippen LogP contribution in [-0.4, -0.2) is 25.3 Å². The van der Waals surface area contributed by atoms with Gasteiger partial charge in [0.05, 0.1) is 20.8 Å². The maximum absolute atomic E-state index is 12.9. The van der Waals surface area contributed by atoms with Crippen LogP contribution in [0.4, 0.5) is 4.39 Å². The SMILES string of the molecule is COc1ccc(-c2cc(CNC(=O)c3ccc(F)cc3)no2)cc1OC. The number of nitrogens with one attached hydrogen (secondary N) is 1. The maximum atomic E-state index is 12.9. The molecule has 0 fully saturated rings. The molecule has 26 heavy (non-hydrogen) atoms. The smallest absolute Gasteiger partial charge is 0.251 e. The molecule has 0 bridgehead atoms. The zero-order chi connectivity index (χ0) is 18.5. The van der Waals surface area contributed by atoms with Gasteiger partial charge in [0.15, 0.2) is 17.3 Å². The summed E-state index contributed by atoms with van der Waals surface area (Å²) >= 11 is 0. The highest BCUT2D eigenvalue weighted by molar-refractivity contribution is 5.94. The predicted octanol–water partition coefficient (Wildman–Crippen LogP) is 3.43. The van der Waals surface area contributed by atoms with Crippen molar-refractivity contribution < 1.29 is 23.2 Å². The minimum Gasteiger partial charge on any atom is -0.493 e. The van der Waals surface area contributed by atoms with Crippen LogP contribution in [0, 0.1) is 5.82 Å². The van der Waals surface area contributed by atoms with E-state index in [4.69, 9.17) is 14.0 Å². The van der Waals surface area contributed by atoms with Crippen molar-refractivity contribution in [2.45, 2.75) is 6.54 Å². The zero-order valence-corrected chi connectivity index (χ0v) is 14.3. The van der Waals surface area contributed by atoms with Crippen molar-refractivity contribution >= 4 is 5.91 Å². The lowest BCUT2D eigenvalue weighted by molar-refractivity contribution is 0.0950. The van der Waals surface area contributed by atoms with E-state index in [9.17, 15) is 9.18 Å². The van der Waals surface area contributed by atoms with Crippen LogP contribution in [0.15, 0.2) is 53.1 Å². The molecule has 0 aliphatic carbocycles. The highest BCUT2D eigenvalue weighted by Gasteiger charge is 2.12. The molecule has 134 valence electrons. The van der Waals surface area contributed by atoms with Gasteiger partial charge >= 0.3 is 0 Å². The number of carbonyl (C=O) groups excluding carboxylic acids is 1. The molecule has 2 aromatic carbocycles. The van der Waals surface area contributed by atoms with Crippen molar-refractivity contribution in [3.63, 3.8) is 0 Å². The molecule has 0 saturated heterocycles. The molecule has 3 rings (SSSR count). The fourth-order valence-electron chi connectivity index (χ4n) is 2.39. The van der Waals surface area contributed by atoms with E-state index < -0.39 is 5.82 Å². The number of ether oxygens (including phenoxy) is 2. The van der Waals surface area contributed by atoms with Gasteiger partial charge in [-0.05, 0) is 42.5 Å². The number of hydrogen-bond donors (Lipinski definition) is 1. The van der Waals surface area contributed by atoms with Gasteiger partial charge in [-0.25, -0.2) is 4.39 Å². The third-order valence-electron chi connectivity index (χ3n) is 3.76. The third kappa shape index (κ3) is 3.83. The summed E-state index contributed by atoms with van der Waals surface area (Å²) in [6.45, 7) is 0.187. The summed E-state index contributed by atoms with van der Waals surface area (Å²) in [6, 6.07) is 12.4. The summed E-state index contributed by atoms with van der Waals surface area (Å²) in [5.74, 6) is 1.02. The number of rotatable bonds is 6. The molecule has 1 N–H and O–H groups in total. The Morgan fingerprint density at radius 3 is 2.50 bits per heavy atom. The first-order valence-electron chi connectivity index (χ1n) is 7.82. The van der Waals surface area contributed by atoms with Gasteiger partial charge in [0, 0.05) is 17.2 Å². The fraction of sp³-hybridized carbons (Fsp3) is 0.158. The molecule has 0 aliphatic rings. The number of benzene rings is 2. The maximum Gasteiger partial charge on any atom is 0.251 e. The normalized spacial score (nSPS) is 10.4. The molecule has 0 spiro atoms. The van der Waals surface area contributed by atoms with Crippen molar-refractivity contribution in [3.05, 3.63) is 65.6 Å². The van der Waals surface area contributed by atoms with E-state index in [0.29, 0.717) is 28.5 Å². The highest BCUT2D eigenvalue weighted by Crippen LogP contribution is 2.32. The molecule has 7 heteroatoms. The quantitative estimate of drug-likeness (QED) is 0.732. The van der Waals surface area contributed by atoms with Crippen molar-refractivity contribution in [2.24, 2.45) is 0 Å². The van der Waals surface area contributed by atoms with Crippen LogP contribution in [0.25, 0.3) is 11.3 Å². The molecule has 0 aliphatic heterocycles. The first-order chi connectivity index (χ1) is 12.6.